The molecular weight excluding hydrogens is 431 g/mol. The fourth-order valence-electron chi connectivity index (χ4n) is 3.78. The van der Waals surface area contributed by atoms with Crippen LogP contribution in [0.4, 0.5) is 10.1 Å². The molecule has 6 nitrogen and oxygen atoms in total. The van der Waals surface area contributed by atoms with Crippen LogP contribution in [-0.4, -0.2) is 40.6 Å². The number of carbonyl (C=O) groups is 1. The molecule has 0 fully saturated rings. The highest BCUT2D eigenvalue weighted by Gasteiger charge is 2.20. The molecule has 0 radical (unpaired) electrons. The Bertz CT molecular complexity index is 1230. The van der Waals surface area contributed by atoms with Crippen molar-refractivity contribution in [2.24, 2.45) is 0 Å². The maximum Gasteiger partial charge on any atom is 0.274 e. The van der Waals surface area contributed by atoms with Gasteiger partial charge in [-0.3, -0.25) is 9.69 Å². The number of β-amino-alcohol motifs (C(OH)–C–C–N with tert-alkyl or cyclic N) is 1. The number of benzene rings is 2. The molecule has 0 saturated heterocycles. The van der Waals surface area contributed by atoms with Gasteiger partial charge in [0.15, 0.2) is 0 Å². The third-order valence-electron chi connectivity index (χ3n) is 5.43. The Morgan fingerprint density at radius 3 is 2.78 bits per heavy atom. The van der Waals surface area contributed by atoms with Crippen molar-refractivity contribution >= 4 is 23.2 Å². The Hall–Kier alpha value is -3.31. The molecule has 0 atom stereocenters. The largest absolute Gasteiger partial charge is 0.395 e. The number of nitrogens with zero attached hydrogens (tertiary/aromatic N) is 3. The van der Waals surface area contributed by atoms with Crippen LogP contribution in [0.1, 0.15) is 27.3 Å². The summed E-state index contributed by atoms with van der Waals surface area (Å²) in [7, 11) is 0. The molecule has 2 N–H and O–H groups in total. The second-order valence-corrected chi connectivity index (χ2v) is 7.83. The van der Waals surface area contributed by atoms with E-state index >= 15 is 0 Å². The third kappa shape index (κ3) is 4.34. The molecule has 2 aromatic carbocycles. The molecule has 4 rings (SSSR count). The number of nitrogens with one attached hydrogen (secondary N) is 1. The molecule has 1 amide bonds. The van der Waals surface area contributed by atoms with Gasteiger partial charge in [-0.1, -0.05) is 41.9 Å². The summed E-state index contributed by atoms with van der Waals surface area (Å²) in [4.78, 5) is 19.5. The number of anilines is 1. The highest BCUT2D eigenvalue weighted by molar-refractivity contribution is 6.36. The number of carbonyl (C=O) groups excluding carboxylic acids is 1. The van der Waals surface area contributed by atoms with E-state index in [1.54, 1.807) is 30.3 Å². The number of hydrogen-bond donors (Lipinski definition) is 2. The quantitative estimate of drug-likeness (QED) is 0.613. The van der Waals surface area contributed by atoms with Crippen molar-refractivity contribution in [3.05, 3.63) is 81.9 Å². The van der Waals surface area contributed by atoms with E-state index in [4.69, 9.17) is 22.0 Å². The molecule has 0 spiro atoms. The molecule has 1 aliphatic heterocycles. The van der Waals surface area contributed by atoms with Crippen LogP contribution in [0.25, 0.3) is 11.1 Å². The standard InChI is InChI=1S/C24H20ClFN4O2/c25-22-17(18-5-1-3-15(13-27)23(18)26)4-2-6-20(22)29-24(32)21-8-7-16-14-30(11-12-31)10-9-19(16)28-21/h1-8,31H,9-12,14H2,(H,29,32). The van der Waals surface area contributed by atoms with Crippen molar-refractivity contribution < 1.29 is 14.3 Å². The minimum atomic E-state index is -0.660. The molecule has 162 valence electrons. The van der Waals surface area contributed by atoms with E-state index in [2.05, 4.69) is 15.2 Å². The van der Waals surface area contributed by atoms with Gasteiger partial charge in [0.25, 0.3) is 5.91 Å². The van der Waals surface area contributed by atoms with Crippen molar-refractivity contribution in [3.8, 4) is 17.2 Å². The summed E-state index contributed by atoms with van der Waals surface area (Å²) in [6.45, 7) is 2.17. The second-order valence-electron chi connectivity index (χ2n) is 7.45. The topological polar surface area (TPSA) is 89.2 Å². The lowest BCUT2D eigenvalue weighted by molar-refractivity contribution is 0.102. The Kier molecular flexibility index (Phi) is 6.47. The van der Waals surface area contributed by atoms with E-state index in [-0.39, 0.29) is 28.5 Å². The van der Waals surface area contributed by atoms with Gasteiger partial charge in [0.2, 0.25) is 0 Å². The van der Waals surface area contributed by atoms with Crippen LogP contribution in [0.15, 0.2) is 48.5 Å². The van der Waals surface area contributed by atoms with E-state index in [1.165, 1.54) is 12.1 Å². The highest BCUT2D eigenvalue weighted by Crippen LogP contribution is 2.36. The van der Waals surface area contributed by atoms with Gasteiger partial charge in [0.1, 0.15) is 17.6 Å². The first-order valence-corrected chi connectivity index (χ1v) is 10.5. The van der Waals surface area contributed by atoms with E-state index in [1.807, 2.05) is 12.1 Å². The molecule has 0 bridgehead atoms. The van der Waals surface area contributed by atoms with Crippen LogP contribution in [0.2, 0.25) is 5.02 Å². The Morgan fingerprint density at radius 1 is 1.22 bits per heavy atom. The van der Waals surface area contributed by atoms with Gasteiger partial charge in [0, 0.05) is 42.9 Å². The molecule has 1 aliphatic rings. The molecule has 8 heteroatoms. The smallest absolute Gasteiger partial charge is 0.274 e. The van der Waals surface area contributed by atoms with Crippen molar-refractivity contribution in [1.82, 2.24) is 9.88 Å². The maximum absolute atomic E-state index is 14.6. The number of aliphatic hydroxyl groups excluding tert-OH is 1. The van der Waals surface area contributed by atoms with Crippen LogP contribution in [0, 0.1) is 17.1 Å². The molecule has 0 aliphatic carbocycles. The Morgan fingerprint density at radius 2 is 2.00 bits per heavy atom. The van der Waals surface area contributed by atoms with Crippen molar-refractivity contribution in [2.45, 2.75) is 13.0 Å². The summed E-state index contributed by atoms with van der Waals surface area (Å²) >= 11 is 6.49. The monoisotopic (exact) mass is 450 g/mol. The molecule has 3 aromatic rings. The van der Waals surface area contributed by atoms with Gasteiger partial charge in [0.05, 0.1) is 22.9 Å². The summed E-state index contributed by atoms with van der Waals surface area (Å²) in [5, 5.41) is 21.1. The lowest BCUT2D eigenvalue weighted by atomic mass is 10.0. The minimum Gasteiger partial charge on any atom is -0.395 e. The van der Waals surface area contributed by atoms with E-state index < -0.39 is 11.7 Å². The van der Waals surface area contributed by atoms with Crippen LogP contribution in [0.5, 0.6) is 0 Å². The van der Waals surface area contributed by atoms with Crippen molar-refractivity contribution in [3.63, 3.8) is 0 Å². The molecule has 0 unspecified atom stereocenters. The summed E-state index contributed by atoms with van der Waals surface area (Å²) in [5.74, 6) is -1.08. The Labute approximate surface area is 189 Å². The molecule has 2 heterocycles. The van der Waals surface area contributed by atoms with Crippen LogP contribution < -0.4 is 5.32 Å². The van der Waals surface area contributed by atoms with E-state index in [9.17, 15) is 9.18 Å². The molecular formula is C24H20ClFN4O2. The van der Waals surface area contributed by atoms with Gasteiger partial charge in [-0.25, -0.2) is 9.37 Å². The fourth-order valence-corrected chi connectivity index (χ4v) is 4.06. The first kappa shape index (κ1) is 21.9. The first-order chi connectivity index (χ1) is 15.5. The molecule has 1 aromatic heterocycles. The summed E-state index contributed by atoms with van der Waals surface area (Å²) in [6, 6.07) is 14.8. The predicted molar refractivity (Wildman–Crippen MR) is 120 cm³/mol. The zero-order valence-corrected chi connectivity index (χ0v) is 17.9. The predicted octanol–water partition coefficient (Wildman–Crippen LogP) is 4.02. The number of halogens is 2. The number of aromatic nitrogens is 1. The van der Waals surface area contributed by atoms with Gasteiger partial charge in [-0.2, -0.15) is 5.26 Å². The second kappa shape index (κ2) is 9.45. The zero-order chi connectivity index (χ0) is 22.7. The number of rotatable bonds is 5. The molecule has 32 heavy (non-hydrogen) atoms. The Balaban J connectivity index is 1.58. The number of pyridine rings is 1. The first-order valence-electron chi connectivity index (χ1n) is 10.1. The number of amides is 1. The average molecular weight is 451 g/mol. The lowest BCUT2D eigenvalue weighted by Crippen LogP contribution is -2.33. The van der Waals surface area contributed by atoms with Crippen LogP contribution in [0.3, 0.4) is 0 Å². The SMILES string of the molecule is N#Cc1cccc(-c2cccc(NC(=O)c3ccc4c(n3)CCN(CCO)C4)c2Cl)c1F. The third-order valence-corrected chi connectivity index (χ3v) is 5.84. The molecule has 0 saturated carbocycles. The fraction of sp³-hybridized carbons (Fsp3) is 0.208. The number of aliphatic hydroxyl groups is 1. The highest BCUT2D eigenvalue weighted by atomic mass is 35.5. The lowest BCUT2D eigenvalue weighted by Gasteiger charge is -2.27. The number of hydrogen-bond acceptors (Lipinski definition) is 5. The number of nitriles is 1. The van der Waals surface area contributed by atoms with Gasteiger partial charge < -0.3 is 10.4 Å². The van der Waals surface area contributed by atoms with Crippen molar-refractivity contribution in [1.29, 1.82) is 5.26 Å². The summed E-state index contributed by atoms with van der Waals surface area (Å²) in [5.41, 5.74) is 2.97. The van der Waals surface area contributed by atoms with Gasteiger partial charge in [-0.05, 0) is 23.8 Å². The summed E-state index contributed by atoms with van der Waals surface area (Å²) in [6.07, 6.45) is 0.696. The normalized spacial score (nSPS) is 13.3. The van der Waals surface area contributed by atoms with Crippen molar-refractivity contribution in [2.75, 3.05) is 25.0 Å². The van der Waals surface area contributed by atoms with Crippen LogP contribution >= 0.6 is 11.6 Å². The average Bonchev–Trinajstić information content (AvgIpc) is 2.80. The summed E-state index contributed by atoms with van der Waals surface area (Å²) < 4.78 is 14.6. The van der Waals surface area contributed by atoms with Crippen LogP contribution in [-0.2, 0) is 13.0 Å². The van der Waals surface area contributed by atoms with E-state index in [0.717, 1.165) is 17.8 Å². The maximum atomic E-state index is 14.6. The minimum absolute atomic E-state index is 0.0798. The van der Waals surface area contributed by atoms with Gasteiger partial charge in [-0.15, -0.1) is 0 Å². The zero-order valence-electron chi connectivity index (χ0n) is 17.1. The van der Waals surface area contributed by atoms with Gasteiger partial charge >= 0.3 is 0 Å². The van der Waals surface area contributed by atoms with E-state index in [0.29, 0.717) is 30.8 Å². The number of fused-ring (bicyclic) bond motifs is 1.